The molecule has 3 saturated carbocycles. The summed E-state index contributed by atoms with van der Waals surface area (Å²) in [6, 6.07) is 0. The summed E-state index contributed by atoms with van der Waals surface area (Å²) >= 11 is 0. The second-order valence-corrected chi connectivity index (χ2v) is 8.46. The molecule has 0 aliphatic heterocycles. The first-order valence-electron chi connectivity index (χ1n) is 9.08. The van der Waals surface area contributed by atoms with E-state index in [2.05, 4.69) is 27.7 Å². The zero-order valence-electron chi connectivity index (χ0n) is 13.6. The van der Waals surface area contributed by atoms with Gasteiger partial charge in [0.15, 0.2) is 0 Å². The fourth-order valence-corrected chi connectivity index (χ4v) is 5.79. The zero-order valence-corrected chi connectivity index (χ0v) is 13.6. The molecule has 0 nitrogen and oxygen atoms in total. The van der Waals surface area contributed by atoms with Gasteiger partial charge in [0.05, 0.1) is 0 Å². The fourth-order valence-electron chi connectivity index (χ4n) is 5.79. The summed E-state index contributed by atoms with van der Waals surface area (Å²) in [4.78, 5) is 0. The molecule has 0 N–H and O–H groups in total. The van der Waals surface area contributed by atoms with Crippen molar-refractivity contribution < 1.29 is 0 Å². The van der Waals surface area contributed by atoms with Crippen molar-refractivity contribution in [1.29, 1.82) is 0 Å². The van der Waals surface area contributed by atoms with Crippen molar-refractivity contribution in [2.24, 2.45) is 40.9 Å². The smallest absolute Gasteiger partial charge is 0.0237 e. The summed E-state index contributed by atoms with van der Waals surface area (Å²) in [7, 11) is 0. The van der Waals surface area contributed by atoms with Crippen LogP contribution in [-0.2, 0) is 0 Å². The summed E-state index contributed by atoms with van der Waals surface area (Å²) in [5, 5.41) is 0. The lowest BCUT2D eigenvalue weighted by atomic mass is 9.71. The molecule has 0 radical (unpaired) electrons. The molecule has 1 spiro atoms. The highest BCUT2D eigenvalue weighted by molar-refractivity contribution is 5.16. The van der Waals surface area contributed by atoms with Gasteiger partial charge >= 0.3 is 0 Å². The van der Waals surface area contributed by atoms with Crippen LogP contribution in [0.3, 0.4) is 0 Å². The van der Waals surface area contributed by atoms with E-state index in [1.54, 1.807) is 19.3 Å². The van der Waals surface area contributed by atoms with E-state index >= 15 is 0 Å². The fraction of sp³-hybridized carbons (Fsp3) is 1.00. The van der Waals surface area contributed by atoms with Crippen LogP contribution in [0.25, 0.3) is 0 Å². The average molecular weight is 262 g/mol. The zero-order chi connectivity index (χ0) is 13.6. The molecule has 0 heterocycles. The van der Waals surface area contributed by atoms with E-state index in [4.69, 9.17) is 0 Å². The lowest BCUT2D eigenvalue weighted by Crippen LogP contribution is -2.27. The van der Waals surface area contributed by atoms with E-state index in [1.165, 1.54) is 32.1 Å². The van der Waals surface area contributed by atoms with Crippen molar-refractivity contribution in [3.8, 4) is 0 Å². The maximum Gasteiger partial charge on any atom is -0.0237 e. The van der Waals surface area contributed by atoms with Crippen LogP contribution in [-0.4, -0.2) is 0 Å². The van der Waals surface area contributed by atoms with Crippen LogP contribution >= 0.6 is 0 Å². The third-order valence-corrected chi connectivity index (χ3v) is 7.35. The van der Waals surface area contributed by atoms with Crippen LogP contribution in [0.1, 0.15) is 79.1 Å². The van der Waals surface area contributed by atoms with Gasteiger partial charge in [0, 0.05) is 0 Å². The Morgan fingerprint density at radius 1 is 1.05 bits per heavy atom. The Labute approximate surface area is 120 Å². The van der Waals surface area contributed by atoms with Gasteiger partial charge in [0.2, 0.25) is 0 Å². The molecule has 3 fully saturated rings. The molecule has 6 atom stereocenters. The molecule has 0 saturated heterocycles. The molecule has 0 aromatic carbocycles. The van der Waals surface area contributed by atoms with Gasteiger partial charge in [-0.15, -0.1) is 0 Å². The predicted octanol–water partition coefficient (Wildman–Crippen LogP) is 5.91. The van der Waals surface area contributed by atoms with Crippen molar-refractivity contribution in [2.45, 2.75) is 79.1 Å². The Bertz CT molecular complexity index is 314. The molecular formula is C19H34. The molecular weight excluding hydrogens is 228 g/mol. The van der Waals surface area contributed by atoms with Gasteiger partial charge in [0.25, 0.3) is 0 Å². The maximum atomic E-state index is 2.59. The van der Waals surface area contributed by atoms with Gasteiger partial charge in [-0.2, -0.15) is 0 Å². The average Bonchev–Trinajstić information content (AvgIpc) is 3.13. The minimum absolute atomic E-state index is 0.879. The van der Waals surface area contributed by atoms with Gasteiger partial charge in [-0.3, -0.25) is 0 Å². The number of hydrogen-bond acceptors (Lipinski definition) is 0. The minimum atomic E-state index is 0.879. The van der Waals surface area contributed by atoms with Crippen molar-refractivity contribution >= 4 is 0 Å². The molecule has 3 aliphatic rings. The van der Waals surface area contributed by atoms with Crippen molar-refractivity contribution in [2.75, 3.05) is 0 Å². The minimum Gasteiger partial charge on any atom is -0.0651 e. The highest BCUT2D eigenvalue weighted by Gasteiger charge is 2.67. The largest absolute Gasteiger partial charge is 0.0651 e. The molecule has 3 aliphatic carbocycles. The number of hydrogen-bond donors (Lipinski definition) is 0. The molecule has 0 heteroatoms. The van der Waals surface area contributed by atoms with E-state index in [1.807, 2.05) is 0 Å². The Hall–Kier alpha value is 0. The highest BCUT2D eigenvalue weighted by Crippen LogP contribution is 2.76. The van der Waals surface area contributed by atoms with E-state index in [0.29, 0.717) is 0 Å². The van der Waals surface area contributed by atoms with E-state index in [-0.39, 0.29) is 0 Å². The SMILES string of the molecule is CCC(C)C(C(C)CC1CC12CC2C)C1CCCC1. The molecule has 6 unspecified atom stereocenters. The molecule has 0 bridgehead atoms. The van der Waals surface area contributed by atoms with Gasteiger partial charge in [0.1, 0.15) is 0 Å². The lowest BCUT2D eigenvalue weighted by Gasteiger charge is -2.34. The van der Waals surface area contributed by atoms with E-state index < -0.39 is 0 Å². The van der Waals surface area contributed by atoms with Gasteiger partial charge in [-0.1, -0.05) is 59.8 Å². The first-order valence-corrected chi connectivity index (χ1v) is 9.08. The van der Waals surface area contributed by atoms with Crippen molar-refractivity contribution in [1.82, 2.24) is 0 Å². The van der Waals surface area contributed by atoms with Crippen LogP contribution in [0.15, 0.2) is 0 Å². The van der Waals surface area contributed by atoms with Crippen LogP contribution in [0, 0.1) is 40.9 Å². The van der Waals surface area contributed by atoms with Crippen LogP contribution in [0.5, 0.6) is 0 Å². The summed E-state index contributed by atoms with van der Waals surface area (Å²) < 4.78 is 0. The molecule has 0 aromatic heterocycles. The van der Waals surface area contributed by atoms with Crippen molar-refractivity contribution in [3.63, 3.8) is 0 Å². The quantitative estimate of drug-likeness (QED) is 0.558. The summed E-state index contributed by atoms with van der Waals surface area (Å²) in [6.45, 7) is 10.0. The maximum absolute atomic E-state index is 2.59. The predicted molar refractivity (Wildman–Crippen MR) is 83.0 cm³/mol. The van der Waals surface area contributed by atoms with E-state index in [9.17, 15) is 0 Å². The Morgan fingerprint density at radius 2 is 1.68 bits per heavy atom. The summed E-state index contributed by atoms with van der Waals surface area (Å²) in [5.74, 6) is 6.21. The normalized spacial score (nSPS) is 42.3. The summed E-state index contributed by atoms with van der Waals surface area (Å²) in [5.41, 5.74) is 0.879. The molecule has 0 aromatic rings. The Kier molecular flexibility index (Phi) is 3.73. The Balaban J connectivity index is 1.59. The Morgan fingerprint density at radius 3 is 2.16 bits per heavy atom. The molecule has 3 rings (SSSR count). The third-order valence-electron chi connectivity index (χ3n) is 7.35. The molecule has 110 valence electrons. The topological polar surface area (TPSA) is 0 Å². The molecule has 19 heavy (non-hydrogen) atoms. The van der Waals surface area contributed by atoms with Crippen molar-refractivity contribution in [3.05, 3.63) is 0 Å². The third kappa shape index (κ3) is 2.49. The first kappa shape index (κ1) is 14.0. The molecule has 0 amide bonds. The lowest BCUT2D eigenvalue weighted by molar-refractivity contribution is 0.149. The second kappa shape index (κ2) is 5.08. The van der Waals surface area contributed by atoms with Crippen LogP contribution < -0.4 is 0 Å². The van der Waals surface area contributed by atoms with Gasteiger partial charge in [-0.05, 0) is 60.2 Å². The van der Waals surface area contributed by atoms with Crippen LogP contribution in [0.2, 0.25) is 0 Å². The monoisotopic (exact) mass is 262 g/mol. The standard InChI is InChI=1S/C19H34/c1-5-13(2)18(16-8-6-7-9-16)14(3)10-17-12-19(17)11-15(19)4/h13-18H,5-12H2,1-4H3. The van der Waals surface area contributed by atoms with Gasteiger partial charge in [-0.25, -0.2) is 0 Å². The number of rotatable bonds is 6. The first-order chi connectivity index (χ1) is 9.08. The van der Waals surface area contributed by atoms with Crippen LogP contribution in [0.4, 0.5) is 0 Å². The highest BCUT2D eigenvalue weighted by atomic mass is 14.7. The van der Waals surface area contributed by atoms with Gasteiger partial charge < -0.3 is 0 Å². The second-order valence-electron chi connectivity index (χ2n) is 8.46. The summed E-state index contributed by atoms with van der Waals surface area (Å²) in [6.07, 6.45) is 12.2. The van der Waals surface area contributed by atoms with E-state index in [0.717, 1.165) is 40.9 Å².